The number of hydrogen-bond donors (Lipinski definition) is 3. The van der Waals surface area contributed by atoms with Crippen LogP contribution in [0.2, 0.25) is 0 Å². The maximum Gasteiger partial charge on any atom is 0.335 e. The molecule has 3 aromatic heterocycles. The summed E-state index contributed by atoms with van der Waals surface area (Å²) < 4.78 is 1.61. The molecule has 1 fully saturated rings. The van der Waals surface area contributed by atoms with Gasteiger partial charge in [0.15, 0.2) is 5.65 Å². The zero-order valence-corrected chi connectivity index (χ0v) is 15.0. The first-order chi connectivity index (χ1) is 14.0. The molecule has 9 nitrogen and oxygen atoms in total. The highest BCUT2D eigenvalue weighted by Crippen LogP contribution is 2.55. The van der Waals surface area contributed by atoms with Crippen molar-refractivity contribution in [2.45, 2.75) is 18.3 Å². The van der Waals surface area contributed by atoms with Gasteiger partial charge in [0, 0.05) is 24.2 Å². The molecular formula is C20H15N5O4. The number of benzene rings is 1. The predicted molar refractivity (Wildman–Crippen MR) is 103 cm³/mol. The maximum absolute atomic E-state index is 12.2. The summed E-state index contributed by atoms with van der Waals surface area (Å²) in [7, 11) is 0. The fraction of sp³-hybridized carbons (Fsp3) is 0.150. The van der Waals surface area contributed by atoms with E-state index in [1.807, 2.05) is 12.1 Å². The van der Waals surface area contributed by atoms with Crippen molar-refractivity contribution in [1.82, 2.24) is 24.6 Å². The number of rotatable bonds is 4. The Bertz CT molecular complexity index is 1380. The molecule has 0 aliphatic heterocycles. The van der Waals surface area contributed by atoms with Crippen LogP contribution in [0.3, 0.4) is 0 Å². The number of nitrogens with one attached hydrogen (secondary N) is 2. The number of H-pyrrole nitrogens is 2. The van der Waals surface area contributed by atoms with E-state index in [4.69, 9.17) is 0 Å². The molecule has 144 valence electrons. The highest BCUT2D eigenvalue weighted by atomic mass is 16.4. The van der Waals surface area contributed by atoms with Crippen LogP contribution in [0.4, 0.5) is 0 Å². The zero-order chi connectivity index (χ0) is 20.1. The van der Waals surface area contributed by atoms with E-state index in [9.17, 15) is 19.5 Å². The van der Waals surface area contributed by atoms with Crippen molar-refractivity contribution in [3.05, 3.63) is 86.5 Å². The van der Waals surface area contributed by atoms with Crippen molar-refractivity contribution in [1.29, 1.82) is 0 Å². The van der Waals surface area contributed by atoms with Crippen LogP contribution < -0.4 is 11.2 Å². The number of fused-ring (bicyclic) bond motifs is 1. The van der Waals surface area contributed by atoms with Gasteiger partial charge in [-0.25, -0.2) is 19.1 Å². The lowest BCUT2D eigenvalue weighted by molar-refractivity contribution is 0.0696. The molecule has 9 heteroatoms. The Morgan fingerprint density at radius 2 is 2.07 bits per heavy atom. The summed E-state index contributed by atoms with van der Waals surface area (Å²) in [5.74, 6) is -0.658. The molecule has 4 aromatic rings. The molecule has 0 amide bonds. The van der Waals surface area contributed by atoms with Gasteiger partial charge >= 0.3 is 11.7 Å². The highest BCUT2D eigenvalue weighted by Gasteiger charge is 2.41. The number of carbonyl (C=O) groups is 1. The topological polar surface area (TPSA) is 133 Å². The Kier molecular flexibility index (Phi) is 3.70. The summed E-state index contributed by atoms with van der Waals surface area (Å²) in [5, 5.41) is 13.7. The molecular weight excluding hydrogens is 374 g/mol. The Morgan fingerprint density at radius 1 is 1.21 bits per heavy atom. The molecule has 0 unspecified atom stereocenters. The molecule has 3 heterocycles. The molecule has 2 atom stereocenters. The van der Waals surface area contributed by atoms with Crippen LogP contribution in [0.25, 0.3) is 16.9 Å². The molecule has 29 heavy (non-hydrogen) atoms. The van der Waals surface area contributed by atoms with Crippen LogP contribution in [-0.4, -0.2) is 35.6 Å². The van der Waals surface area contributed by atoms with Gasteiger partial charge in [0.25, 0.3) is 5.56 Å². The fourth-order valence-corrected chi connectivity index (χ4v) is 3.76. The Balaban J connectivity index is 1.58. The molecule has 3 N–H and O–H groups in total. The van der Waals surface area contributed by atoms with Gasteiger partial charge in [-0.1, -0.05) is 12.1 Å². The number of carboxylic acids is 1. The minimum absolute atomic E-state index is 0.132. The highest BCUT2D eigenvalue weighted by molar-refractivity contribution is 5.87. The van der Waals surface area contributed by atoms with Gasteiger partial charge in [0.05, 0.1) is 16.8 Å². The normalized spacial score (nSPS) is 18.1. The Hall–Kier alpha value is -4.01. The summed E-state index contributed by atoms with van der Waals surface area (Å²) in [5.41, 5.74) is 2.41. The minimum Gasteiger partial charge on any atom is -0.478 e. The summed E-state index contributed by atoms with van der Waals surface area (Å²) in [6.07, 6.45) is 5.52. The lowest BCUT2D eigenvalue weighted by Gasteiger charge is -2.07. The van der Waals surface area contributed by atoms with E-state index in [0.29, 0.717) is 11.3 Å². The third-order valence-corrected chi connectivity index (χ3v) is 5.23. The van der Waals surface area contributed by atoms with Crippen molar-refractivity contribution in [2.24, 2.45) is 0 Å². The first-order valence-electron chi connectivity index (χ1n) is 9.01. The predicted octanol–water partition coefficient (Wildman–Crippen LogP) is 1.74. The molecule has 1 aliphatic rings. The Labute approximate surface area is 162 Å². The lowest BCUT2D eigenvalue weighted by Crippen LogP contribution is -2.23. The molecule has 0 radical (unpaired) electrons. The van der Waals surface area contributed by atoms with Crippen molar-refractivity contribution in [2.75, 3.05) is 0 Å². The van der Waals surface area contributed by atoms with Gasteiger partial charge in [-0.15, -0.1) is 0 Å². The van der Waals surface area contributed by atoms with Gasteiger partial charge in [-0.05, 0) is 42.0 Å². The van der Waals surface area contributed by atoms with Crippen LogP contribution >= 0.6 is 0 Å². The van der Waals surface area contributed by atoms with Gasteiger partial charge in [-0.2, -0.15) is 5.10 Å². The summed E-state index contributed by atoms with van der Waals surface area (Å²) in [6, 6.07) is 8.76. The van der Waals surface area contributed by atoms with Gasteiger partial charge < -0.3 is 10.1 Å². The second-order valence-electron chi connectivity index (χ2n) is 7.05. The van der Waals surface area contributed by atoms with E-state index in [-0.39, 0.29) is 23.0 Å². The van der Waals surface area contributed by atoms with E-state index >= 15 is 0 Å². The van der Waals surface area contributed by atoms with Crippen LogP contribution in [0.5, 0.6) is 0 Å². The van der Waals surface area contributed by atoms with E-state index in [1.54, 1.807) is 35.1 Å². The van der Waals surface area contributed by atoms with Crippen LogP contribution in [0.1, 0.15) is 39.7 Å². The van der Waals surface area contributed by atoms with Gasteiger partial charge in [-0.3, -0.25) is 9.78 Å². The van der Waals surface area contributed by atoms with Crippen molar-refractivity contribution in [3.8, 4) is 11.3 Å². The summed E-state index contributed by atoms with van der Waals surface area (Å²) >= 11 is 0. The summed E-state index contributed by atoms with van der Waals surface area (Å²) in [6.45, 7) is 0. The largest absolute Gasteiger partial charge is 0.478 e. The molecule has 5 rings (SSSR count). The third-order valence-electron chi connectivity index (χ3n) is 5.23. The van der Waals surface area contributed by atoms with E-state index in [0.717, 1.165) is 17.5 Å². The number of aromatic carboxylic acids is 1. The molecule has 1 aromatic carbocycles. The van der Waals surface area contributed by atoms with Crippen LogP contribution in [0.15, 0.2) is 58.5 Å². The van der Waals surface area contributed by atoms with Gasteiger partial charge in [0.1, 0.15) is 0 Å². The van der Waals surface area contributed by atoms with Crippen LogP contribution in [0, 0.1) is 0 Å². The maximum atomic E-state index is 12.2. The van der Waals surface area contributed by atoms with Crippen molar-refractivity contribution < 1.29 is 9.90 Å². The average Bonchev–Trinajstić information content (AvgIpc) is 3.36. The summed E-state index contributed by atoms with van der Waals surface area (Å²) in [4.78, 5) is 43.8. The lowest BCUT2D eigenvalue weighted by atomic mass is 10.0. The number of hydrogen-bond acceptors (Lipinski definition) is 5. The minimum atomic E-state index is -0.955. The fourth-order valence-electron chi connectivity index (χ4n) is 3.76. The molecule has 1 aliphatic carbocycles. The molecule has 0 bridgehead atoms. The number of carboxylic acid groups (broad SMARTS) is 1. The number of aromatic amines is 2. The zero-order valence-electron chi connectivity index (χ0n) is 15.0. The van der Waals surface area contributed by atoms with E-state index < -0.39 is 17.2 Å². The molecule has 0 saturated heterocycles. The first-order valence-corrected chi connectivity index (χ1v) is 9.01. The second kappa shape index (κ2) is 6.26. The van der Waals surface area contributed by atoms with Crippen molar-refractivity contribution >= 4 is 11.6 Å². The first kappa shape index (κ1) is 17.1. The monoisotopic (exact) mass is 389 g/mol. The number of imidazole rings is 1. The average molecular weight is 389 g/mol. The smallest absolute Gasteiger partial charge is 0.335 e. The Morgan fingerprint density at radius 3 is 2.86 bits per heavy atom. The van der Waals surface area contributed by atoms with E-state index in [2.05, 4.69) is 20.1 Å². The quantitative estimate of drug-likeness (QED) is 0.487. The van der Waals surface area contributed by atoms with E-state index in [1.165, 1.54) is 6.20 Å². The number of nitrogens with zero attached hydrogens (tertiary/aromatic N) is 3. The van der Waals surface area contributed by atoms with Crippen molar-refractivity contribution in [3.63, 3.8) is 0 Å². The standard InChI is InChI=1S/C20H15N5O4/c26-18-15(9-22-20(29)23-18)16-8-14(17-21-4-5-25(17)24-16)13-7-12(13)10-2-1-3-11(6-10)19(27)28/h1-6,8-9,12-13H,7H2,(H,27,28)(H2,22,23,26,29)/t12-,13-/m0/s1. The SMILES string of the molecule is O=C(O)c1cccc([C@@H]2C[C@@H]2c2cc(-c3c[nH]c(=O)[nH]c3=O)nn3ccnc23)c1. The van der Waals surface area contributed by atoms with Gasteiger partial charge in [0.2, 0.25) is 0 Å². The third kappa shape index (κ3) is 2.92. The molecule has 1 saturated carbocycles. The van der Waals surface area contributed by atoms with Crippen LogP contribution in [-0.2, 0) is 0 Å². The second-order valence-corrected chi connectivity index (χ2v) is 7.05. The molecule has 0 spiro atoms. The number of aromatic nitrogens is 5.